The molecule has 32 heavy (non-hydrogen) atoms. The summed E-state index contributed by atoms with van der Waals surface area (Å²) >= 11 is 6.28. The highest BCUT2D eigenvalue weighted by Crippen LogP contribution is 2.35. The number of anilines is 2. The molecule has 0 aromatic heterocycles. The highest BCUT2D eigenvalue weighted by atomic mass is 35.5. The van der Waals surface area contributed by atoms with Crippen LogP contribution in [0.15, 0.2) is 66.4 Å². The molecule has 6 heteroatoms. The van der Waals surface area contributed by atoms with Crippen LogP contribution in [0.4, 0.5) is 11.4 Å². The average Bonchev–Trinajstić information content (AvgIpc) is 3.02. The van der Waals surface area contributed by atoms with Gasteiger partial charge in [-0.25, -0.2) is 4.90 Å². The number of nitrogens with one attached hydrogen (secondary N) is 1. The van der Waals surface area contributed by atoms with Crippen LogP contribution in [-0.4, -0.2) is 18.9 Å². The number of rotatable bonds is 5. The van der Waals surface area contributed by atoms with Crippen molar-refractivity contribution in [3.8, 4) is 5.75 Å². The van der Waals surface area contributed by atoms with Crippen molar-refractivity contribution in [2.45, 2.75) is 20.8 Å². The van der Waals surface area contributed by atoms with Crippen molar-refractivity contribution < 1.29 is 14.3 Å². The second-order valence-electron chi connectivity index (χ2n) is 7.78. The minimum absolute atomic E-state index is 0.217. The van der Waals surface area contributed by atoms with E-state index in [1.807, 2.05) is 51.1 Å². The SMILES string of the molecule is COc1ccc(N2C(=O)C(Nc3ccc(C)c(Cl)c3)=C(c3ccc(C)c(C)c3)C2=O)cc1. The number of imide groups is 1. The number of halogens is 1. The third-order valence-corrected chi connectivity index (χ3v) is 6.06. The number of carbonyl (C=O) groups is 2. The van der Waals surface area contributed by atoms with E-state index >= 15 is 0 Å². The molecule has 0 fully saturated rings. The molecule has 1 N–H and O–H groups in total. The number of benzene rings is 3. The average molecular weight is 447 g/mol. The number of aryl methyl sites for hydroxylation is 3. The Hall–Kier alpha value is -3.57. The lowest BCUT2D eigenvalue weighted by Crippen LogP contribution is -2.32. The standard InChI is InChI=1S/C26H23ClN2O3/c1-15-5-7-18(13-17(15)3)23-24(28-19-8-6-16(2)22(27)14-19)26(31)29(25(23)30)20-9-11-21(32-4)12-10-20/h5-14,28H,1-4H3. The van der Waals surface area contributed by atoms with Crippen LogP contribution in [0, 0.1) is 20.8 Å². The molecule has 1 aliphatic rings. The second-order valence-corrected chi connectivity index (χ2v) is 8.19. The quantitative estimate of drug-likeness (QED) is 0.513. The molecule has 3 aromatic rings. The summed E-state index contributed by atoms with van der Waals surface area (Å²) in [6.45, 7) is 5.89. The molecule has 0 atom stereocenters. The molecule has 1 aliphatic heterocycles. The first-order valence-electron chi connectivity index (χ1n) is 10.2. The van der Waals surface area contributed by atoms with Gasteiger partial charge in [0, 0.05) is 10.7 Å². The summed E-state index contributed by atoms with van der Waals surface area (Å²) in [6.07, 6.45) is 0. The summed E-state index contributed by atoms with van der Waals surface area (Å²) in [5.41, 5.74) is 5.40. The van der Waals surface area contributed by atoms with E-state index in [1.165, 1.54) is 4.90 Å². The van der Waals surface area contributed by atoms with Crippen LogP contribution in [-0.2, 0) is 9.59 Å². The van der Waals surface area contributed by atoms with Gasteiger partial charge in [0.05, 0.1) is 18.4 Å². The van der Waals surface area contributed by atoms with Crippen LogP contribution in [0.1, 0.15) is 22.3 Å². The van der Waals surface area contributed by atoms with Crippen LogP contribution in [0.25, 0.3) is 5.57 Å². The number of nitrogens with zero attached hydrogens (tertiary/aromatic N) is 1. The molecule has 2 amide bonds. The molecule has 1 heterocycles. The van der Waals surface area contributed by atoms with Gasteiger partial charge in [-0.15, -0.1) is 0 Å². The van der Waals surface area contributed by atoms with Gasteiger partial charge in [0.15, 0.2) is 0 Å². The van der Waals surface area contributed by atoms with Crippen LogP contribution in [0.3, 0.4) is 0 Å². The largest absolute Gasteiger partial charge is 0.497 e. The van der Waals surface area contributed by atoms with Crippen LogP contribution < -0.4 is 15.0 Å². The molecule has 0 aliphatic carbocycles. The van der Waals surface area contributed by atoms with Gasteiger partial charge in [-0.05, 0) is 79.4 Å². The lowest BCUT2D eigenvalue weighted by Gasteiger charge is -2.16. The molecule has 0 spiro atoms. The summed E-state index contributed by atoms with van der Waals surface area (Å²) in [6, 6.07) is 18.0. The van der Waals surface area contributed by atoms with Crippen molar-refractivity contribution in [2.24, 2.45) is 0 Å². The van der Waals surface area contributed by atoms with Crippen LogP contribution in [0.2, 0.25) is 5.02 Å². The van der Waals surface area contributed by atoms with Crippen molar-refractivity contribution in [3.63, 3.8) is 0 Å². The van der Waals surface area contributed by atoms with Gasteiger partial charge in [-0.2, -0.15) is 0 Å². The maximum Gasteiger partial charge on any atom is 0.282 e. The first-order valence-corrected chi connectivity index (χ1v) is 10.6. The van der Waals surface area contributed by atoms with E-state index < -0.39 is 5.91 Å². The van der Waals surface area contributed by atoms with Crippen molar-refractivity contribution in [1.29, 1.82) is 0 Å². The topological polar surface area (TPSA) is 58.6 Å². The first kappa shape index (κ1) is 21.7. The van der Waals surface area contributed by atoms with Crippen molar-refractivity contribution >= 4 is 40.4 Å². The summed E-state index contributed by atoms with van der Waals surface area (Å²) < 4.78 is 5.20. The maximum absolute atomic E-state index is 13.5. The fraction of sp³-hybridized carbons (Fsp3) is 0.154. The summed E-state index contributed by atoms with van der Waals surface area (Å²) in [5.74, 6) is -0.169. The van der Waals surface area contributed by atoms with Crippen LogP contribution >= 0.6 is 11.6 Å². The number of hydrogen-bond acceptors (Lipinski definition) is 4. The zero-order chi connectivity index (χ0) is 23.0. The van der Waals surface area contributed by atoms with E-state index in [-0.39, 0.29) is 11.6 Å². The zero-order valence-corrected chi connectivity index (χ0v) is 19.1. The molecule has 0 radical (unpaired) electrons. The van der Waals surface area contributed by atoms with Crippen molar-refractivity contribution in [3.05, 3.63) is 93.6 Å². The van der Waals surface area contributed by atoms with E-state index in [0.717, 1.165) is 16.7 Å². The Labute approximate surface area is 192 Å². The monoisotopic (exact) mass is 446 g/mol. The molecule has 3 aromatic carbocycles. The highest BCUT2D eigenvalue weighted by Gasteiger charge is 2.40. The molecule has 4 rings (SSSR count). The molecule has 0 unspecified atom stereocenters. The predicted molar refractivity (Wildman–Crippen MR) is 128 cm³/mol. The molecule has 5 nitrogen and oxygen atoms in total. The zero-order valence-electron chi connectivity index (χ0n) is 18.3. The predicted octanol–water partition coefficient (Wildman–Crippen LogP) is 5.67. The van der Waals surface area contributed by atoms with E-state index in [9.17, 15) is 9.59 Å². The molecule has 0 saturated heterocycles. The first-order chi connectivity index (χ1) is 15.3. The number of amides is 2. The fourth-order valence-corrected chi connectivity index (χ4v) is 3.77. The van der Waals surface area contributed by atoms with Gasteiger partial charge in [0.2, 0.25) is 0 Å². The van der Waals surface area contributed by atoms with Gasteiger partial charge in [-0.1, -0.05) is 35.9 Å². The highest BCUT2D eigenvalue weighted by molar-refractivity contribution is 6.46. The molecule has 0 bridgehead atoms. The Bertz CT molecular complexity index is 1260. The number of ether oxygens (including phenoxy) is 1. The Kier molecular flexibility index (Phi) is 5.76. The maximum atomic E-state index is 13.5. The lowest BCUT2D eigenvalue weighted by atomic mass is 9.99. The Morgan fingerprint density at radius 1 is 0.812 bits per heavy atom. The van der Waals surface area contributed by atoms with E-state index in [0.29, 0.717) is 33.3 Å². The Morgan fingerprint density at radius 3 is 2.12 bits per heavy atom. The summed E-state index contributed by atoms with van der Waals surface area (Å²) in [7, 11) is 1.56. The minimum atomic E-state index is -0.426. The summed E-state index contributed by atoms with van der Waals surface area (Å²) in [4.78, 5) is 28.2. The molecule has 162 valence electrons. The minimum Gasteiger partial charge on any atom is -0.497 e. The van der Waals surface area contributed by atoms with Gasteiger partial charge in [0.1, 0.15) is 11.4 Å². The molecular formula is C26H23ClN2O3. The third-order valence-electron chi connectivity index (χ3n) is 5.65. The number of methoxy groups -OCH3 is 1. The van der Waals surface area contributed by atoms with E-state index in [1.54, 1.807) is 37.4 Å². The second kappa shape index (κ2) is 8.52. The van der Waals surface area contributed by atoms with Gasteiger partial charge >= 0.3 is 0 Å². The molecular weight excluding hydrogens is 424 g/mol. The van der Waals surface area contributed by atoms with Gasteiger partial charge < -0.3 is 10.1 Å². The Balaban J connectivity index is 1.82. The third kappa shape index (κ3) is 3.87. The fourth-order valence-electron chi connectivity index (χ4n) is 3.59. The van der Waals surface area contributed by atoms with Gasteiger partial charge in [0.25, 0.3) is 11.8 Å². The molecule has 0 saturated carbocycles. The number of carbonyl (C=O) groups excluding carboxylic acids is 2. The number of hydrogen-bond donors (Lipinski definition) is 1. The van der Waals surface area contributed by atoms with Gasteiger partial charge in [-0.3, -0.25) is 9.59 Å². The van der Waals surface area contributed by atoms with Crippen LogP contribution in [0.5, 0.6) is 5.75 Å². The van der Waals surface area contributed by atoms with Crippen molar-refractivity contribution in [2.75, 3.05) is 17.3 Å². The summed E-state index contributed by atoms with van der Waals surface area (Å²) in [5, 5.41) is 3.73. The van der Waals surface area contributed by atoms with E-state index in [4.69, 9.17) is 16.3 Å². The Morgan fingerprint density at radius 2 is 1.50 bits per heavy atom. The normalized spacial score (nSPS) is 13.7. The van der Waals surface area contributed by atoms with Crippen molar-refractivity contribution in [1.82, 2.24) is 0 Å². The lowest BCUT2D eigenvalue weighted by molar-refractivity contribution is -0.120. The smallest absolute Gasteiger partial charge is 0.282 e. The van der Waals surface area contributed by atoms with E-state index in [2.05, 4.69) is 5.32 Å².